The Labute approximate surface area is 217 Å². The van der Waals surface area contributed by atoms with Crippen molar-refractivity contribution in [2.75, 3.05) is 13.2 Å². The summed E-state index contributed by atoms with van der Waals surface area (Å²) in [6.07, 6.45) is 4.08. The molecule has 8 nitrogen and oxygen atoms in total. The molecule has 0 N–H and O–H groups in total. The lowest BCUT2D eigenvalue weighted by atomic mass is 10.0. The highest BCUT2D eigenvalue weighted by molar-refractivity contribution is 6.02. The smallest absolute Gasteiger partial charge is 0.308 e. The Bertz CT molecular complexity index is 1330. The average molecular weight is 504 g/mol. The van der Waals surface area contributed by atoms with Crippen molar-refractivity contribution in [1.29, 1.82) is 0 Å². The number of aromatic nitrogens is 3. The molecule has 0 aliphatic rings. The van der Waals surface area contributed by atoms with Gasteiger partial charge >= 0.3 is 5.97 Å². The SMILES string of the molecule is CCc1ccc(-c2c(-c3ccccc3)oc3ncnc(OC[C@H](C)OCCC(=O)OC(C)(C)C)c23)nc1. The summed E-state index contributed by atoms with van der Waals surface area (Å²) in [4.78, 5) is 25.4. The predicted octanol–water partition coefficient (Wildman–Crippen LogP) is 6.03. The molecule has 0 bridgehead atoms. The molecule has 0 radical (unpaired) electrons. The molecular weight excluding hydrogens is 470 g/mol. The zero-order valence-electron chi connectivity index (χ0n) is 22.0. The molecule has 0 aliphatic carbocycles. The molecule has 3 aromatic heterocycles. The van der Waals surface area contributed by atoms with Crippen molar-refractivity contribution in [3.8, 4) is 28.5 Å². The second-order valence-corrected chi connectivity index (χ2v) is 9.77. The molecule has 8 heteroatoms. The van der Waals surface area contributed by atoms with Gasteiger partial charge in [-0.15, -0.1) is 0 Å². The van der Waals surface area contributed by atoms with Crippen molar-refractivity contribution >= 4 is 17.1 Å². The van der Waals surface area contributed by atoms with Crippen LogP contribution >= 0.6 is 0 Å². The van der Waals surface area contributed by atoms with Crippen LogP contribution < -0.4 is 4.74 Å². The number of fused-ring (bicyclic) bond motifs is 1. The summed E-state index contributed by atoms with van der Waals surface area (Å²) in [7, 11) is 0. The van der Waals surface area contributed by atoms with Crippen molar-refractivity contribution in [3.63, 3.8) is 0 Å². The predicted molar refractivity (Wildman–Crippen MR) is 141 cm³/mol. The highest BCUT2D eigenvalue weighted by Gasteiger charge is 2.24. The van der Waals surface area contributed by atoms with Crippen LogP contribution in [0.15, 0.2) is 59.4 Å². The van der Waals surface area contributed by atoms with E-state index in [0.29, 0.717) is 22.7 Å². The van der Waals surface area contributed by atoms with Gasteiger partial charge in [-0.25, -0.2) is 9.97 Å². The number of aryl methyl sites for hydroxylation is 1. The van der Waals surface area contributed by atoms with E-state index in [4.69, 9.17) is 23.6 Å². The number of hydrogen-bond donors (Lipinski definition) is 0. The summed E-state index contributed by atoms with van der Waals surface area (Å²) >= 11 is 0. The molecule has 0 fully saturated rings. The van der Waals surface area contributed by atoms with Crippen molar-refractivity contribution in [2.45, 2.75) is 59.2 Å². The van der Waals surface area contributed by atoms with Gasteiger partial charge in [-0.05, 0) is 45.7 Å². The Kier molecular flexibility index (Phi) is 8.18. The van der Waals surface area contributed by atoms with E-state index in [9.17, 15) is 4.79 Å². The number of ether oxygens (including phenoxy) is 3. The maximum atomic E-state index is 11.9. The molecule has 1 aromatic carbocycles. The van der Waals surface area contributed by atoms with Gasteiger partial charge in [0.15, 0.2) is 0 Å². The summed E-state index contributed by atoms with van der Waals surface area (Å²) in [6, 6.07) is 13.9. The van der Waals surface area contributed by atoms with Crippen LogP contribution in [0.4, 0.5) is 0 Å². The van der Waals surface area contributed by atoms with Crippen molar-refractivity contribution in [2.24, 2.45) is 0 Å². The fourth-order valence-corrected chi connectivity index (χ4v) is 3.82. The Hall–Kier alpha value is -3.78. The van der Waals surface area contributed by atoms with Crippen molar-refractivity contribution in [1.82, 2.24) is 15.0 Å². The molecule has 1 atom stereocenters. The molecule has 4 aromatic rings. The van der Waals surface area contributed by atoms with Crippen LogP contribution in [0.2, 0.25) is 0 Å². The van der Waals surface area contributed by atoms with Gasteiger partial charge in [0.2, 0.25) is 11.6 Å². The lowest BCUT2D eigenvalue weighted by Gasteiger charge is -2.20. The van der Waals surface area contributed by atoms with E-state index < -0.39 is 5.60 Å². The van der Waals surface area contributed by atoms with Gasteiger partial charge in [0, 0.05) is 11.8 Å². The van der Waals surface area contributed by atoms with Gasteiger partial charge in [0.1, 0.15) is 29.7 Å². The topological polar surface area (TPSA) is 96.6 Å². The number of hydrogen-bond acceptors (Lipinski definition) is 8. The summed E-state index contributed by atoms with van der Waals surface area (Å²) in [5.74, 6) is 0.741. The van der Waals surface area contributed by atoms with Crippen LogP contribution in [0.1, 0.15) is 46.6 Å². The maximum Gasteiger partial charge on any atom is 0.308 e. The fraction of sp³-hybridized carbons (Fsp3) is 0.379. The second-order valence-electron chi connectivity index (χ2n) is 9.77. The molecule has 3 heterocycles. The molecule has 0 amide bonds. The van der Waals surface area contributed by atoms with E-state index in [1.54, 1.807) is 0 Å². The first-order valence-corrected chi connectivity index (χ1v) is 12.5. The first-order chi connectivity index (χ1) is 17.7. The Morgan fingerprint density at radius 1 is 1.05 bits per heavy atom. The first-order valence-electron chi connectivity index (χ1n) is 12.5. The number of benzene rings is 1. The highest BCUT2D eigenvalue weighted by atomic mass is 16.6. The van der Waals surface area contributed by atoms with Gasteiger partial charge in [-0.2, -0.15) is 0 Å². The Balaban J connectivity index is 1.57. The van der Waals surface area contributed by atoms with Gasteiger partial charge in [-0.1, -0.05) is 43.3 Å². The fourth-order valence-electron chi connectivity index (χ4n) is 3.82. The molecule has 0 saturated heterocycles. The largest absolute Gasteiger partial charge is 0.474 e. The average Bonchev–Trinajstić information content (AvgIpc) is 3.27. The minimum Gasteiger partial charge on any atom is -0.474 e. The highest BCUT2D eigenvalue weighted by Crippen LogP contribution is 2.42. The zero-order chi connectivity index (χ0) is 26.4. The van der Waals surface area contributed by atoms with E-state index in [-0.39, 0.29) is 31.7 Å². The van der Waals surface area contributed by atoms with E-state index in [1.807, 2.05) is 70.3 Å². The molecule has 0 unspecified atom stereocenters. The lowest BCUT2D eigenvalue weighted by molar-refractivity contribution is -0.156. The van der Waals surface area contributed by atoms with Gasteiger partial charge in [0.05, 0.1) is 30.4 Å². The minimum absolute atomic E-state index is 0.172. The molecule has 0 spiro atoms. The van der Waals surface area contributed by atoms with E-state index >= 15 is 0 Å². The van der Waals surface area contributed by atoms with Gasteiger partial charge in [-0.3, -0.25) is 9.78 Å². The normalized spacial score (nSPS) is 12.5. The molecule has 4 rings (SSSR count). The number of furan rings is 1. The van der Waals surface area contributed by atoms with Crippen LogP contribution in [0, 0.1) is 0 Å². The summed E-state index contributed by atoms with van der Waals surface area (Å²) in [5.41, 5.74) is 3.47. The number of pyridine rings is 1. The number of esters is 1. The van der Waals surface area contributed by atoms with Crippen LogP contribution in [-0.2, 0) is 20.7 Å². The third-order valence-corrected chi connectivity index (χ3v) is 5.56. The molecule has 0 saturated carbocycles. The van der Waals surface area contributed by atoms with Crippen molar-refractivity contribution < 1.29 is 23.4 Å². The Morgan fingerprint density at radius 3 is 2.51 bits per heavy atom. The van der Waals surface area contributed by atoms with Crippen LogP contribution in [-0.4, -0.2) is 45.8 Å². The number of carbonyl (C=O) groups is 1. The number of carbonyl (C=O) groups excluding carboxylic acids is 1. The van der Waals surface area contributed by atoms with Crippen LogP contribution in [0.25, 0.3) is 33.7 Å². The van der Waals surface area contributed by atoms with Gasteiger partial charge < -0.3 is 18.6 Å². The van der Waals surface area contributed by atoms with E-state index in [2.05, 4.69) is 23.0 Å². The lowest BCUT2D eigenvalue weighted by Crippen LogP contribution is -2.25. The molecule has 0 aliphatic heterocycles. The molecular formula is C29H33N3O5. The number of rotatable bonds is 10. The quantitative estimate of drug-likeness (QED) is 0.242. The molecule has 194 valence electrons. The first kappa shape index (κ1) is 26.3. The molecule has 37 heavy (non-hydrogen) atoms. The monoisotopic (exact) mass is 503 g/mol. The zero-order valence-corrected chi connectivity index (χ0v) is 22.0. The van der Waals surface area contributed by atoms with Crippen molar-refractivity contribution in [3.05, 3.63) is 60.6 Å². The summed E-state index contributed by atoms with van der Waals surface area (Å²) in [5, 5.41) is 0.652. The van der Waals surface area contributed by atoms with E-state index in [0.717, 1.165) is 28.8 Å². The van der Waals surface area contributed by atoms with Crippen LogP contribution in [0.5, 0.6) is 5.88 Å². The third-order valence-electron chi connectivity index (χ3n) is 5.56. The van der Waals surface area contributed by atoms with Crippen LogP contribution in [0.3, 0.4) is 0 Å². The maximum absolute atomic E-state index is 11.9. The number of nitrogens with zero attached hydrogens (tertiary/aromatic N) is 3. The Morgan fingerprint density at radius 2 is 1.84 bits per heavy atom. The third kappa shape index (κ3) is 6.71. The standard InChI is InChI=1S/C29H33N3O5/c1-6-20-12-13-22(30-16-20)24-25-27(35-17-19(2)34-15-14-23(33)37-29(3,4)5)31-18-32-28(25)36-26(24)21-10-8-7-9-11-21/h7-13,16,18-19H,6,14-15,17H2,1-5H3/t19-/m0/s1. The second kappa shape index (κ2) is 11.5. The van der Waals surface area contributed by atoms with E-state index in [1.165, 1.54) is 6.33 Å². The summed E-state index contributed by atoms with van der Waals surface area (Å²) < 4.78 is 23.4. The summed E-state index contributed by atoms with van der Waals surface area (Å²) in [6.45, 7) is 9.96. The van der Waals surface area contributed by atoms with Gasteiger partial charge in [0.25, 0.3) is 0 Å². The minimum atomic E-state index is -0.517.